The molecule has 0 saturated carbocycles. The van der Waals surface area contributed by atoms with Gasteiger partial charge in [0.15, 0.2) is 0 Å². The number of hydrogen-bond acceptors (Lipinski definition) is 5. The van der Waals surface area contributed by atoms with E-state index in [2.05, 4.69) is 36.0 Å². The molecule has 4 rings (SSSR count). The zero-order valence-electron chi connectivity index (χ0n) is 22.0. The average molecular weight is 589 g/mol. The minimum Gasteiger partial charge on any atom is -0.396 e. The molecule has 206 valence electrons. The topological polar surface area (TPSA) is 90.4 Å². The molecule has 3 saturated heterocycles. The van der Waals surface area contributed by atoms with E-state index in [0.717, 1.165) is 12.8 Å². The van der Waals surface area contributed by atoms with Crippen LogP contribution in [-0.2, 0) is 19.1 Å². The number of benzene rings is 1. The Bertz CT molecular complexity index is 1050. The van der Waals surface area contributed by atoms with E-state index in [9.17, 15) is 19.5 Å². The Morgan fingerprint density at radius 1 is 1.18 bits per heavy atom. The lowest BCUT2D eigenvalue weighted by molar-refractivity contribution is -0.147. The van der Waals surface area contributed by atoms with E-state index in [4.69, 9.17) is 4.74 Å². The highest BCUT2D eigenvalue weighted by molar-refractivity contribution is 9.09. The third-order valence-corrected chi connectivity index (χ3v) is 8.80. The van der Waals surface area contributed by atoms with Gasteiger partial charge in [0.1, 0.15) is 11.6 Å². The van der Waals surface area contributed by atoms with E-state index < -0.39 is 29.6 Å². The number of aliphatic hydroxyl groups is 1. The summed E-state index contributed by atoms with van der Waals surface area (Å²) < 4.78 is 6.62. The van der Waals surface area contributed by atoms with Crippen LogP contribution in [0, 0.1) is 11.8 Å². The number of ether oxygens (including phenoxy) is 1. The van der Waals surface area contributed by atoms with E-state index in [1.54, 1.807) is 26.9 Å². The second kappa shape index (κ2) is 12.1. The van der Waals surface area contributed by atoms with Gasteiger partial charge < -0.3 is 24.5 Å². The Balaban J connectivity index is 1.75. The predicted molar refractivity (Wildman–Crippen MR) is 150 cm³/mol. The monoisotopic (exact) mass is 587 g/mol. The number of anilines is 1. The highest BCUT2D eigenvalue weighted by Crippen LogP contribution is 2.60. The normalized spacial score (nSPS) is 29.3. The standard InChI is InChI=1S/C29H38BrN3O5/c1-4-7-16-31(14-5-2)28(37)25-29-19-21(30)24(38-29)22(23(29)27(36)33(25)17-11-18-34)26(35)32(15-6-3)20-12-9-8-10-13-20/h5-6,8-10,12-13,21-25,34H,2-4,7,11,14-19H2,1H3/t21?,22-,23-,24-,25?,29?/m0/s1. The second-order valence-electron chi connectivity index (χ2n) is 10.3. The molecule has 1 aromatic rings. The fraction of sp³-hybridized carbons (Fsp3) is 0.552. The summed E-state index contributed by atoms with van der Waals surface area (Å²) in [7, 11) is 0. The zero-order valence-corrected chi connectivity index (χ0v) is 23.6. The van der Waals surface area contributed by atoms with Crippen LogP contribution < -0.4 is 4.90 Å². The number of unbranched alkanes of at least 4 members (excludes halogenated alkanes) is 1. The van der Waals surface area contributed by atoms with Crippen molar-refractivity contribution < 1.29 is 24.2 Å². The fourth-order valence-electron chi connectivity index (χ4n) is 6.38. The van der Waals surface area contributed by atoms with E-state index in [1.165, 1.54) is 0 Å². The number of carbonyl (C=O) groups is 3. The predicted octanol–water partition coefficient (Wildman–Crippen LogP) is 3.15. The van der Waals surface area contributed by atoms with Crippen molar-refractivity contribution in [3.8, 4) is 0 Å². The Kier molecular flexibility index (Phi) is 9.11. The van der Waals surface area contributed by atoms with Crippen molar-refractivity contribution in [1.29, 1.82) is 0 Å². The van der Waals surface area contributed by atoms with Crippen LogP contribution >= 0.6 is 15.9 Å². The van der Waals surface area contributed by atoms with Crippen LogP contribution in [0.4, 0.5) is 5.69 Å². The summed E-state index contributed by atoms with van der Waals surface area (Å²) in [4.78, 5) is 47.2. The van der Waals surface area contributed by atoms with Crippen LogP contribution in [0.25, 0.3) is 0 Å². The van der Waals surface area contributed by atoms with Crippen molar-refractivity contribution in [2.45, 2.75) is 55.2 Å². The molecule has 3 heterocycles. The molecule has 6 atom stereocenters. The number of carbonyl (C=O) groups excluding carboxylic acids is 3. The number of para-hydroxylation sites is 1. The number of fused-ring (bicyclic) bond motifs is 1. The molecule has 9 heteroatoms. The van der Waals surface area contributed by atoms with Gasteiger partial charge in [0.05, 0.1) is 17.9 Å². The van der Waals surface area contributed by atoms with Crippen molar-refractivity contribution in [3.05, 3.63) is 55.6 Å². The molecular weight excluding hydrogens is 550 g/mol. The van der Waals surface area contributed by atoms with Crippen molar-refractivity contribution in [1.82, 2.24) is 9.80 Å². The van der Waals surface area contributed by atoms with Gasteiger partial charge in [-0.2, -0.15) is 0 Å². The van der Waals surface area contributed by atoms with Gasteiger partial charge in [-0.1, -0.05) is 59.6 Å². The molecular formula is C29H38BrN3O5. The largest absolute Gasteiger partial charge is 0.396 e. The van der Waals surface area contributed by atoms with E-state index in [0.29, 0.717) is 31.6 Å². The fourth-order valence-corrected chi connectivity index (χ4v) is 7.32. The lowest BCUT2D eigenvalue weighted by Crippen LogP contribution is -2.57. The Hall–Kier alpha value is -2.49. The third-order valence-electron chi connectivity index (χ3n) is 7.95. The van der Waals surface area contributed by atoms with Crippen LogP contribution in [0.1, 0.15) is 32.6 Å². The zero-order chi connectivity index (χ0) is 27.4. The molecule has 38 heavy (non-hydrogen) atoms. The lowest BCUT2D eigenvalue weighted by atomic mass is 9.70. The maximum atomic E-state index is 14.2. The van der Waals surface area contributed by atoms with Crippen molar-refractivity contribution in [2.75, 3.05) is 37.7 Å². The number of amides is 3. The van der Waals surface area contributed by atoms with Crippen molar-refractivity contribution in [3.63, 3.8) is 0 Å². The number of rotatable bonds is 13. The van der Waals surface area contributed by atoms with Crippen LogP contribution in [0.5, 0.6) is 0 Å². The molecule has 3 unspecified atom stereocenters. The number of halogens is 1. The van der Waals surface area contributed by atoms with Gasteiger partial charge in [-0.15, -0.1) is 13.2 Å². The van der Waals surface area contributed by atoms with Gasteiger partial charge in [0.25, 0.3) is 0 Å². The maximum Gasteiger partial charge on any atom is 0.248 e. The summed E-state index contributed by atoms with van der Waals surface area (Å²) >= 11 is 3.73. The average Bonchev–Trinajstić information content (AvgIpc) is 3.51. The highest BCUT2D eigenvalue weighted by Gasteiger charge is 2.76. The van der Waals surface area contributed by atoms with Crippen LogP contribution in [0.3, 0.4) is 0 Å². The van der Waals surface area contributed by atoms with Crippen molar-refractivity contribution in [2.24, 2.45) is 11.8 Å². The summed E-state index contributed by atoms with van der Waals surface area (Å²) in [6.45, 7) is 11.0. The molecule has 1 spiro atoms. The highest BCUT2D eigenvalue weighted by atomic mass is 79.9. The molecule has 0 aromatic heterocycles. The van der Waals surface area contributed by atoms with E-state index in [1.807, 2.05) is 30.3 Å². The maximum absolute atomic E-state index is 14.2. The first-order valence-electron chi connectivity index (χ1n) is 13.5. The molecule has 1 N–H and O–H groups in total. The quantitative estimate of drug-likeness (QED) is 0.283. The van der Waals surface area contributed by atoms with Crippen LogP contribution in [0.15, 0.2) is 55.6 Å². The first-order chi connectivity index (χ1) is 18.4. The summed E-state index contributed by atoms with van der Waals surface area (Å²) in [5, 5.41) is 9.56. The summed E-state index contributed by atoms with van der Waals surface area (Å²) in [6.07, 6.45) is 5.35. The van der Waals surface area contributed by atoms with Gasteiger partial charge in [0, 0.05) is 43.3 Å². The van der Waals surface area contributed by atoms with Gasteiger partial charge in [0.2, 0.25) is 17.7 Å². The minimum absolute atomic E-state index is 0.109. The molecule has 3 aliphatic heterocycles. The molecule has 3 aliphatic rings. The number of aliphatic hydroxyl groups excluding tert-OH is 1. The smallest absolute Gasteiger partial charge is 0.248 e. The summed E-state index contributed by atoms with van der Waals surface area (Å²) in [5.41, 5.74) is -0.405. The molecule has 0 radical (unpaired) electrons. The van der Waals surface area contributed by atoms with Crippen molar-refractivity contribution >= 4 is 39.3 Å². The van der Waals surface area contributed by atoms with Gasteiger partial charge in [-0.3, -0.25) is 14.4 Å². The lowest BCUT2D eigenvalue weighted by Gasteiger charge is -2.37. The molecule has 0 aliphatic carbocycles. The third kappa shape index (κ3) is 4.84. The van der Waals surface area contributed by atoms with E-state index in [-0.39, 0.29) is 42.2 Å². The summed E-state index contributed by atoms with van der Waals surface area (Å²) in [6, 6.07) is 8.45. The number of nitrogens with zero attached hydrogens (tertiary/aromatic N) is 3. The number of alkyl halides is 1. The Morgan fingerprint density at radius 2 is 1.89 bits per heavy atom. The first-order valence-corrected chi connectivity index (χ1v) is 14.4. The number of likely N-dealkylation sites (tertiary alicyclic amines) is 1. The van der Waals surface area contributed by atoms with Gasteiger partial charge in [-0.05, 0) is 31.4 Å². The molecule has 3 fully saturated rings. The molecule has 2 bridgehead atoms. The second-order valence-corrected chi connectivity index (χ2v) is 11.4. The van der Waals surface area contributed by atoms with Crippen LogP contribution in [0.2, 0.25) is 0 Å². The Labute approximate surface area is 233 Å². The first kappa shape index (κ1) is 28.5. The van der Waals surface area contributed by atoms with Gasteiger partial charge >= 0.3 is 0 Å². The van der Waals surface area contributed by atoms with E-state index >= 15 is 0 Å². The van der Waals surface area contributed by atoms with Crippen LogP contribution in [-0.4, -0.2) is 88.0 Å². The SMILES string of the molecule is C=CCN(CCCC)C(=O)C1N(CCCO)C(=O)[C@@H]2[C@H](C(=O)N(CC=C)c3ccccc3)[C@H]3OC12CC3Br. The number of hydrogen-bond donors (Lipinski definition) is 1. The molecule has 8 nitrogen and oxygen atoms in total. The molecule has 3 amide bonds. The van der Waals surface area contributed by atoms with Gasteiger partial charge in [-0.25, -0.2) is 0 Å². The minimum atomic E-state index is -1.12. The molecule has 1 aromatic carbocycles. The summed E-state index contributed by atoms with van der Waals surface area (Å²) in [5.74, 6) is -2.19. The Morgan fingerprint density at radius 3 is 2.53 bits per heavy atom.